The summed E-state index contributed by atoms with van der Waals surface area (Å²) >= 11 is 0. The number of rotatable bonds is 14. The van der Waals surface area contributed by atoms with Crippen LogP contribution in [0.15, 0.2) is 85.3 Å². The molecule has 5 rings (SSSR count). The molecule has 0 fully saturated rings. The van der Waals surface area contributed by atoms with Crippen LogP contribution in [0.3, 0.4) is 0 Å². The zero-order valence-electron chi connectivity index (χ0n) is 24.8. The van der Waals surface area contributed by atoms with E-state index >= 15 is 0 Å². The van der Waals surface area contributed by atoms with Crippen molar-refractivity contribution in [2.75, 3.05) is 0 Å². The number of nitrogens with zero attached hydrogens (tertiary/aromatic N) is 6. The van der Waals surface area contributed by atoms with E-state index in [2.05, 4.69) is 38.1 Å². The van der Waals surface area contributed by atoms with Crippen molar-refractivity contribution in [3.05, 3.63) is 96.4 Å². The summed E-state index contributed by atoms with van der Waals surface area (Å²) in [5, 5.41) is 0. The molecule has 0 aliphatic carbocycles. The Hall–Kier alpha value is -4.32. The first-order valence-corrected chi connectivity index (χ1v) is 15.4. The topological polar surface area (TPSA) is 77.3 Å². The Morgan fingerprint density at radius 1 is 0.429 bits per heavy atom. The van der Waals surface area contributed by atoms with Crippen molar-refractivity contribution in [2.45, 2.75) is 78.1 Å². The third-order valence-corrected chi connectivity index (χ3v) is 7.47. The summed E-state index contributed by atoms with van der Waals surface area (Å²) in [6.07, 6.45) is 17.7. The van der Waals surface area contributed by atoms with Gasteiger partial charge in [-0.2, -0.15) is 0 Å². The van der Waals surface area contributed by atoms with Crippen LogP contribution >= 0.6 is 0 Å². The smallest absolute Gasteiger partial charge is 0.182 e. The fraction of sp³-hybridized carbons (Fsp3) is 0.333. The van der Waals surface area contributed by atoms with E-state index in [9.17, 15) is 0 Å². The fourth-order valence-corrected chi connectivity index (χ4v) is 4.96. The van der Waals surface area contributed by atoms with E-state index in [1.54, 1.807) is 0 Å². The lowest BCUT2D eigenvalue weighted by Gasteiger charge is -2.09. The lowest BCUT2D eigenvalue weighted by Crippen LogP contribution is -2.03. The second-order valence-electron chi connectivity index (χ2n) is 10.8. The Kier molecular flexibility index (Phi) is 10.5. The van der Waals surface area contributed by atoms with E-state index in [1.807, 2.05) is 61.1 Å². The molecule has 0 unspecified atom stereocenters. The number of unbranched alkanes of at least 4 members (excludes halogenated alkanes) is 6. The van der Waals surface area contributed by atoms with Crippen LogP contribution < -0.4 is 0 Å². The van der Waals surface area contributed by atoms with Crippen LogP contribution in [0, 0.1) is 0 Å². The van der Waals surface area contributed by atoms with Gasteiger partial charge in [-0.3, -0.25) is 15.0 Å². The van der Waals surface area contributed by atoms with Gasteiger partial charge in [-0.1, -0.05) is 94.8 Å². The molecule has 0 saturated heterocycles. The van der Waals surface area contributed by atoms with Crippen molar-refractivity contribution >= 4 is 0 Å². The Morgan fingerprint density at radius 2 is 0.952 bits per heavy atom. The highest BCUT2D eigenvalue weighted by Gasteiger charge is 2.15. The molecule has 4 heterocycles. The largest absolute Gasteiger partial charge is 0.255 e. The first kappa shape index (κ1) is 29.2. The van der Waals surface area contributed by atoms with E-state index < -0.39 is 0 Å². The second-order valence-corrected chi connectivity index (χ2v) is 10.8. The molecule has 0 spiro atoms. The van der Waals surface area contributed by atoms with Crippen molar-refractivity contribution in [3.8, 4) is 45.7 Å². The van der Waals surface area contributed by atoms with Gasteiger partial charge in [-0.25, -0.2) is 15.0 Å². The monoisotopic (exact) mass is 556 g/mol. The van der Waals surface area contributed by atoms with E-state index in [0.29, 0.717) is 17.5 Å². The molecule has 0 aliphatic rings. The Morgan fingerprint density at radius 3 is 1.43 bits per heavy atom. The maximum atomic E-state index is 4.84. The summed E-state index contributed by atoms with van der Waals surface area (Å²) in [7, 11) is 0. The minimum absolute atomic E-state index is 0.533. The maximum Gasteiger partial charge on any atom is 0.182 e. The molecule has 5 aromatic rings. The summed E-state index contributed by atoms with van der Waals surface area (Å²) in [5.41, 5.74) is 6.71. The van der Waals surface area contributed by atoms with Crippen LogP contribution in [-0.4, -0.2) is 29.9 Å². The molecule has 4 aromatic heterocycles. The highest BCUT2D eigenvalue weighted by Crippen LogP contribution is 2.25. The second kappa shape index (κ2) is 15.1. The molecule has 0 amide bonds. The van der Waals surface area contributed by atoms with E-state index in [0.717, 1.165) is 41.1 Å². The van der Waals surface area contributed by atoms with E-state index in [-0.39, 0.29) is 0 Å². The lowest BCUT2D eigenvalue weighted by molar-refractivity contribution is 0.666. The van der Waals surface area contributed by atoms with Gasteiger partial charge in [0, 0.05) is 29.7 Å². The first-order chi connectivity index (χ1) is 20.7. The van der Waals surface area contributed by atoms with Crippen LogP contribution in [0.5, 0.6) is 0 Å². The average Bonchev–Trinajstić information content (AvgIpc) is 3.06. The minimum Gasteiger partial charge on any atom is -0.255 e. The molecule has 6 nitrogen and oxygen atoms in total. The predicted octanol–water partition coefficient (Wildman–Crippen LogP) is 8.97. The highest BCUT2D eigenvalue weighted by atomic mass is 15.1. The number of aryl methyl sites for hydroxylation is 2. The molecule has 0 radical (unpaired) electrons. The summed E-state index contributed by atoms with van der Waals surface area (Å²) in [5.74, 6) is 1.62. The molecule has 0 N–H and O–H groups in total. The quantitative estimate of drug-likeness (QED) is 0.127. The van der Waals surface area contributed by atoms with Gasteiger partial charge < -0.3 is 0 Å². The third-order valence-electron chi connectivity index (χ3n) is 7.47. The molecular formula is C36H40N6. The average molecular weight is 557 g/mol. The predicted molar refractivity (Wildman–Crippen MR) is 171 cm³/mol. The Bertz CT molecular complexity index is 1440. The summed E-state index contributed by atoms with van der Waals surface area (Å²) in [6.45, 7) is 4.47. The van der Waals surface area contributed by atoms with Crippen molar-refractivity contribution < 1.29 is 0 Å². The SMILES string of the molecule is CCCCCCc1ccc(-c2nc(-c3ccc(-c4ccccc4)nc3)nc(-c3ccc(CCCCCC)cn3)n2)nc1. The van der Waals surface area contributed by atoms with Gasteiger partial charge in [0.2, 0.25) is 0 Å². The van der Waals surface area contributed by atoms with Gasteiger partial charge in [0.15, 0.2) is 17.5 Å². The number of hydrogen-bond donors (Lipinski definition) is 0. The fourth-order valence-electron chi connectivity index (χ4n) is 4.96. The van der Waals surface area contributed by atoms with E-state index in [4.69, 9.17) is 29.9 Å². The van der Waals surface area contributed by atoms with Crippen LogP contribution in [0.25, 0.3) is 45.7 Å². The number of hydrogen-bond acceptors (Lipinski definition) is 6. The van der Waals surface area contributed by atoms with Crippen LogP contribution in [0.4, 0.5) is 0 Å². The van der Waals surface area contributed by atoms with Crippen molar-refractivity contribution in [3.63, 3.8) is 0 Å². The van der Waals surface area contributed by atoms with Gasteiger partial charge in [0.05, 0.1) is 5.69 Å². The Balaban J connectivity index is 1.44. The third kappa shape index (κ3) is 7.90. The van der Waals surface area contributed by atoms with Crippen LogP contribution in [-0.2, 0) is 12.8 Å². The van der Waals surface area contributed by atoms with Crippen LogP contribution in [0.2, 0.25) is 0 Å². The number of aromatic nitrogens is 6. The lowest BCUT2D eigenvalue weighted by atomic mass is 10.1. The summed E-state index contributed by atoms with van der Waals surface area (Å²) < 4.78 is 0. The number of benzene rings is 1. The Labute approximate surface area is 249 Å². The summed E-state index contributed by atoms with van der Waals surface area (Å²) in [6, 6.07) is 22.5. The molecule has 214 valence electrons. The molecule has 1 aromatic carbocycles. The number of pyridine rings is 3. The summed E-state index contributed by atoms with van der Waals surface area (Å²) in [4.78, 5) is 28.7. The molecule has 0 bridgehead atoms. The van der Waals surface area contributed by atoms with Crippen molar-refractivity contribution in [1.29, 1.82) is 0 Å². The maximum absolute atomic E-state index is 4.84. The van der Waals surface area contributed by atoms with Gasteiger partial charge in [-0.15, -0.1) is 0 Å². The zero-order valence-corrected chi connectivity index (χ0v) is 24.8. The van der Waals surface area contributed by atoms with Gasteiger partial charge >= 0.3 is 0 Å². The molecule has 0 saturated carbocycles. The normalized spacial score (nSPS) is 11.1. The van der Waals surface area contributed by atoms with Crippen molar-refractivity contribution in [1.82, 2.24) is 29.9 Å². The van der Waals surface area contributed by atoms with E-state index in [1.165, 1.54) is 62.5 Å². The molecule has 0 aliphatic heterocycles. The van der Waals surface area contributed by atoms with Gasteiger partial charge in [-0.05, 0) is 61.1 Å². The van der Waals surface area contributed by atoms with Gasteiger partial charge in [0.25, 0.3) is 0 Å². The first-order valence-electron chi connectivity index (χ1n) is 15.4. The minimum atomic E-state index is 0.533. The molecule has 42 heavy (non-hydrogen) atoms. The zero-order chi connectivity index (χ0) is 29.0. The van der Waals surface area contributed by atoms with Crippen LogP contribution in [0.1, 0.15) is 76.3 Å². The highest BCUT2D eigenvalue weighted by molar-refractivity contribution is 5.66. The van der Waals surface area contributed by atoms with Gasteiger partial charge in [0.1, 0.15) is 11.4 Å². The molecular weight excluding hydrogens is 516 g/mol. The standard InChI is InChI=1S/C36H40N6/c1-3-5-7-10-14-27-18-21-32(37-24-27)35-40-34(30-20-23-31(39-26-30)29-16-12-9-13-17-29)41-36(42-35)33-22-19-28(25-38-33)15-11-8-6-4-2/h9,12-13,16-26H,3-8,10-11,14-15H2,1-2H3. The van der Waals surface area contributed by atoms with Crippen molar-refractivity contribution in [2.24, 2.45) is 0 Å². The molecule has 0 atom stereocenters. The molecule has 6 heteroatoms.